The van der Waals surface area contributed by atoms with Gasteiger partial charge in [0, 0.05) is 24.1 Å². The predicted molar refractivity (Wildman–Crippen MR) is 84.5 cm³/mol. The quantitative estimate of drug-likeness (QED) is 0.739. The van der Waals surface area contributed by atoms with Crippen LogP contribution in [0.3, 0.4) is 0 Å². The third kappa shape index (κ3) is 5.90. The summed E-state index contributed by atoms with van der Waals surface area (Å²) in [5.41, 5.74) is 0. The minimum Gasteiger partial charge on any atom is -0.481 e. The maximum absolute atomic E-state index is 13.5. The lowest BCUT2D eigenvalue weighted by Crippen LogP contribution is -2.38. The van der Waals surface area contributed by atoms with E-state index in [4.69, 9.17) is 9.47 Å². The Morgan fingerprint density at radius 2 is 2.18 bits per heavy atom. The molecule has 7 heteroatoms. The topological polar surface area (TPSA) is 50.8 Å². The summed E-state index contributed by atoms with van der Waals surface area (Å²) in [4.78, 5) is 14.0. The molecule has 0 aromatic heterocycles. The van der Waals surface area contributed by atoms with Crippen molar-refractivity contribution in [1.29, 1.82) is 0 Å². The average molecular weight is 375 g/mol. The Morgan fingerprint density at radius 1 is 1.41 bits per heavy atom. The summed E-state index contributed by atoms with van der Waals surface area (Å²) in [5.74, 6) is -0.662. The van der Waals surface area contributed by atoms with Crippen molar-refractivity contribution in [2.45, 2.75) is 6.42 Å². The maximum Gasteiger partial charge on any atom is 0.257 e. The van der Waals surface area contributed by atoms with E-state index in [0.29, 0.717) is 11.0 Å². The number of halogens is 2. The molecule has 0 saturated carbocycles. The number of amides is 1. The van der Waals surface area contributed by atoms with Crippen molar-refractivity contribution in [3.63, 3.8) is 0 Å². The zero-order valence-corrected chi connectivity index (χ0v) is 13.9. The second-order valence-corrected chi connectivity index (χ2v) is 5.94. The lowest BCUT2D eigenvalue weighted by atomic mass is 10.3. The number of benzene rings is 1. The second kappa shape index (κ2) is 9.07. The van der Waals surface area contributed by atoms with Crippen molar-refractivity contribution in [3.8, 4) is 5.75 Å². The molecule has 22 heavy (non-hydrogen) atoms. The van der Waals surface area contributed by atoms with Gasteiger partial charge in [0.2, 0.25) is 0 Å². The summed E-state index contributed by atoms with van der Waals surface area (Å²) in [6.07, 6.45) is 0.873. The van der Waals surface area contributed by atoms with Gasteiger partial charge in [0.15, 0.2) is 18.2 Å². The number of rotatable bonds is 7. The standard InChI is InChI=1S/C15H20BrFN2O3/c16-12-2-3-14(13(17)10-12)22-11-15(20)18-4-1-5-19-6-8-21-9-7-19/h2-3,10H,1,4-9,11H2,(H,18,20). The van der Waals surface area contributed by atoms with Gasteiger partial charge >= 0.3 is 0 Å². The van der Waals surface area contributed by atoms with Crippen LogP contribution in [-0.4, -0.2) is 56.8 Å². The van der Waals surface area contributed by atoms with Gasteiger partial charge in [0.05, 0.1) is 13.2 Å². The smallest absolute Gasteiger partial charge is 0.257 e. The fourth-order valence-electron chi connectivity index (χ4n) is 2.14. The van der Waals surface area contributed by atoms with Crippen LogP contribution in [0.15, 0.2) is 22.7 Å². The van der Waals surface area contributed by atoms with Gasteiger partial charge in [-0.3, -0.25) is 9.69 Å². The van der Waals surface area contributed by atoms with Crippen molar-refractivity contribution >= 4 is 21.8 Å². The van der Waals surface area contributed by atoms with Crippen LogP contribution in [0.5, 0.6) is 5.75 Å². The highest BCUT2D eigenvalue weighted by atomic mass is 79.9. The lowest BCUT2D eigenvalue weighted by molar-refractivity contribution is -0.123. The van der Waals surface area contributed by atoms with E-state index < -0.39 is 5.82 Å². The first kappa shape index (κ1) is 17.2. The van der Waals surface area contributed by atoms with Crippen molar-refractivity contribution in [3.05, 3.63) is 28.5 Å². The van der Waals surface area contributed by atoms with Gasteiger partial charge in [-0.15, -0.1) is 0 Å². The van der Waals surface area contributed by atoms with Crippen LogP contribution in [0.25, 0.3) is 0 Å². The molecule has 0 radical (unpaired) electrons. The first-order chi connectivity index (χ1) is 10.6. The highest BCUT2D eigenvalue weighted by Gasteiger charge is 2.10. The number of nitrogens with one attached hydrogen (secondary N) is 1. The summed E-state index contributed by atoms with van der Waals surface area (Å²) in [6, 6.07) is 4.46. The Hall–Kier alpha value is -1.18. The van der Waals surface area contributed by atoms with E-state index >= 15 is 0 Å². The van der Waals surface area contributed by atoms with Gasteiger partial charge < -0.3 is 14.8 Å². The molecule has 1 aliphatic rings. The Balaban J connectivity index is 1.59. The van der Waals surface area contributed by atoms with Crippen molar-refractivity contribution in [2.24, 2.45) is 0 Å². The van der Waals surface area contributed by atoms with Gasteiger partial charge in [-0.2, -0.15) is 0 Å². The van der Waals surface area contributed by atoms with E-state index in [1.54, 1.807) is 6.07 Å². The number of carbonyl (C=O) groups is 1. The molecular weight excluding hydrogens is 355 g/mol. The molecule has 0 unspecified atom stereocenters. The molecule has 1 amide bonds. The fraction of sp³-hybridized carbons (Fsp3) is 0.533. The van der Waals surface area contributed by atoms with Crippen LogP contribution < -0.4 is 10.1 Å². The van der Waals surface area contributed by atoms with E-state index in [0.717, 1.165) is 39.3 Å². The minimum absolute atomic E-state index is 0.0756. The summed E-state index contributed by atoms with van der Waals surface area (Å²) >= 11 is 3.16. The Kier molecular flexibility index (Phi) is 7.08. The Labute approximate surface area is 137 Å². The SMILES string of the molecule is O=C(COc1ccc(Br)cc1F)NCCCN1CCOCC1. The van der Waals surface area contributed by atoms with Gasteiger partial charge in [0.25, 0.3) is 5.91 Å². The van der Waals surface area contributed by atoms with E-state index in [2.05, 4.69) is 26.1 Å². The molecule has 0 spiro atoms. The monoisotopic (exact) mass is 374 g/mol. The van der Waals surface area contributed by atoms with E-state index in [1.165, 1.54) is 12.1 Å². The van der Waals surface area contributed by atoms with Crippen LogP contribution >= 0.6 is 15.9 Å². The number of hydrogen-bond donors (Lipinski definition) is 1. The third-order valence-corrected chi connectivity index (χ3v) is 3.82. The number of nitrogens with zero attached hydrogens (tertiary/aromatic N) is 1. The molecule has 1 N–H and O–H groups in total. The molecule has 0 aliphatic carbocycles. The van der Waals surface area contributed by atoms with E-state index in [1.807, 2.05) is 0 Å². The van der Waals surface area contributed by atoms with E-state index in [9.17, 15) is 9.18 Å². The van der Waals surface area contributed by atoms with Crippen molar-refractivity contribution < 1.29 is 18.7 Å². The molecule has 1 aliphatic heterocycles. The van der Waals surface area contributed by atoms with Crippen LogP contribution in [0, 0.1) is 5.82 Å². The molecule has 122 valence electrons. The van der Waals surface area contributed by atoms with Crippen molar-refractivity contribution in [1.82, 2.24) is 10.2 Å². The summed E-state index contributed by atoms with van der Waals surface area (Å²) in [5, 5.41) is 2.77. The normalized spacial score (nSPS) is 15.5. The molecule has 2 rings (SSSR count). The zero-order valence-electron chi connectivity index (χ0n) is 12.3. The van der Waals surface area contributed by atoms with Gasteiger partial charge in [-0.05, 0) is 31.2 Å². The summed E-state index contributed by atoms with van der Waals surface area (Å²) in [6.45, 7) is 4.78. The van der Waals surface area contributed by atoms with Crippen LogP contribution in [0.1, 0.15) is 6.42 Å². The largest absolute Gasteiger partial charge is 0.481 e. The lowest BCUT2D eigenvalue weighted by Gasteiger charge is -2.26. The van der Waals surface area contributed by atoms with Crippen LogP contribution in [-0.2, 0) is 9.53 Å². The molecule has 0 bridgehead atoms. The number of morpholine rings is 1. The molecule has 1 aromatic rings. The minimum atomic E-state index is -0.491. The van der Waals surface area contributed by atoms with E-state index in [-0.39, 0.29) is 18.3 Å². The van der Waals surface area contributed by atoms with Crippen LogP contribution in [0.4, 0.5) is 4.39 Å². The zero-order chi connectivity index (χ0) is 15.8. The first-order valence-corrected chi connectivity index (χ1v) is 8.09. The maximum atomic E-state index is 13.5. The van der Waals surface area contributed by atoms with Crippen LogP contribution in [0.2, 0.25) is 0 Å². The third-order valence-electron chi connectivity index (χ3n) is 3.33. The summed E-state index contributed by atoms with van der Waals surface area (Å²) < 4.78 is 24.6. The molecule has 1 heterocycles. The molecule has 1 saturated heterocycles. The highest BCUT2D eigenvalue weighted by Crippen LogP contribution is 2.21. The number of ether oxygens (including phenoxy) is 2. The van der Waals surface area contributed by atoms with Gasteiger partial charge in [0.1, 0.15) is 0 Å². The average Bonchev–Trinajstić information content (AvgIpc) is 2.52. The highest BCUT2D eigenvalue weighted by molar-refractivity contribution is 9.10. The molecule has 1 aromatic carbocycles. The predicted octanol–water partition coefficient (Wildman–Crippen LogP) is 1.81. The summed E-state index contributed by atoms with van der Waals surface area (Å²) in [7, 11) is 0. The molecule has 0 atom stereocenters. The second-order valence-electron chi connectivity index (χ2n) is 5.02. The number of hydrogen-bond acceptors (Lipinski definition) is 4. The Bertz CT molecular complexity index is 496. The fourth-order valence-corrected chi connectivity index (χ4v) is 2.47. The van der Waals surface area contributed by atoms with Crippen molar-refractivity contribution in [2.75, 3.05) is 46.0 Å². The Morgan fingerprint density at radius 3 is 2.91 bits per heavy atom. The van der Waals surface area contributed by atoms with Gasteiger partial charge in [-0.25, -0.2) is 4.39 Å². The number of carbonyl (C=O) groups excluding carboxylic acids is 1. The van der Waals surface area contributed by atoms with Gasteiger partial charge in [-0.1, -0.05) is 15.9 Å². The molecule has 1 fully saturated rings. The molecular formula is C15H20BrFN2O3. The molecule has 5 nitrogen and oxygen atoms in total. The first-order valence-electron chi connectivity index (χ1n) is 7.30.